The summed E-state index contributed by atoms with van der Waals surface area (Å²) < 4.78 is 5.41. The summed E-state index contributed by atoms with van der Waals surface area (Å²) in [6.45, 7) is 3.06. The Balaban J connectivity index is 1.92. The molecule has 2 nitrogen and oxygen atoms in total. The molecule has 2 rings (SSSR count). The van der Waals surface area contributed by atoms with Crippen molar-refractivity contribution in [1.29, 1.82) is 0 Å². The van der Waals surface area contributed by atoms with Crippen molar-refractivity contribution >= 4 is 0 Å². The predicted molar refractivity (Wildman–Crippen MR) is 35.4 cm³/mol. The second-order valence-electron chi connectivity index (χ2n) is 3.11. The summed E-state index contributed by atoms with van der Waals surface area (Å²) in [5.74, 6) is 0. The fourth-order valence-electron chi connectivity index (χ4n) is 1.32. The van der Waals surface area contributed by atoms with E-state index in [0.29, 0.717) is 5.54 Å². The monoisotopic (exact) mass is 127 g/mol. The Labute approximate surface area is 55.6 Å². The minimum absolute atomic E-state index is 0.441. The molecule has 1 aliphatic heterocycles. The van der Waals surface area contributed by atoms with E-state index in [4.69, 9.17) is 4.74 Å². The van der Waals surface area contributed by atoms with Crippen LogP contribution in [0.15, 0.2) is 0 Å². The van der Waals surface area contributed by atoms with Gasteiger partial charge in [-0.3, -0.25) is 0 Å². The Morgan fingerprint density at radius 3 is 3.00 bits per heavy atom. The first kappa shape index (κ1) is 5.69. The molecule has 0 bridgehead atoms. The Morgan fingerprint density at radius 2 is 2.22 bits per heavy atom. The van der Waals surface area contributed by atoms with Gasteiger partial charge in [-0.2, -0.15) is 0 Å². The minimum atomic E-state index is 0.441. The first-order valence-corrected chi connectivity index (χ1v) is 3.74. The maximum absolute atomic E-state index is 5.41. The largest absolute Gasteiger partial charge is 0.379 e. The lowest BCUT2D eigenvalue weighted by molar-refractivity contribution is 0.125. The van der Waals surface area contributed by atoms with E-state index in [0.717, 1.165) is 19.8 Å². The lowest BCUT2D eigenvalue weighted by Gasteiger charge is -2.10. The van der Waals surface area contributed by atoms with Crippen molar-refractivity contribution < 1.29 is 4.74 Å². The quantitative estimate of drug-likeness (QED) is 0.512. The zero-order chi connectivity index (χ0) is 6.16. The molecule has 1 N–H and O–H groups in total. The van der Waals surface area contributed by atoms with Crippen molar-refractivity contribution in [3.63, 3.8) is 0 Å². The number of hydrogen-bond acceptors (Lipinski definition) is 2. The van der Waals surface area contributed by atoms with Crippen LogP contribution in [0.25, 0.3) is 0 Å². The van der Waals surface area contributed by atoms with Gasteiger partial charge in [-0.1, -0.05) is 0 Å². The zero-order valence-corrected chi connectivity index (χ0v) is 5.65. The van der Waals surface area contributed by atoms with Gasteiger partial charge in [0.25, 0.3) is 0 Å². The third-order valence-electron chi connectivity index (χ3n) is 2.20. The number of hydrogen-bond donors (Lipinski definition) is 1. The van der Waals surface area contributed by atoms with Gasteiger partial charge in [-0.05, 0) is 25.8 Å². The Morgan fingerprint density at radius 1 is 1.33 bits per heavy atom. The molecule has 2 heteroatoms. The minimum Gasteiger partial charge on any atom is -0.379 e. The first-order chi connectivity index (χ1) is 4.41. The second-order valence-corrected chi connectivity index (χ2v) is 3.11. The van der Waals surface area contributed by atoms with E-state index in [1.165, 1.54) is 19.3 Å². The molecular formula is C7H13NO. The fraction of sp³-hybridized carbons (Fsp3) is 1.00. The van der Waals surface area contributed by atoms with Crippen LogP contribution >= 0.6 is 0 Å². The zero-order valence-electron chi connectivity index (χ0n) is 5.65. The first-order valence-electron chi connectivity index (χ1n) is 3.74. The van der Waals surface area contributed by atoms with Crippen LogP contribution in [0.3, 0.4) is 0 Å². The van der Waals surface area contributed by atoms with Crippen molar-refractivity contribution in [1.82, 2.24) is 5.32 Å². The number of ether oxygens (including phenoxy) is 1. The van der Waals surface area contributed by atoms with Crippen molar-refractivity contribution in [2.75, 3.05) is 19.8 Å². The van der Waals surface area contributed by atoms with E-state index in [2.05, 4.69) is 5.32 Å². The molecule has 1 saturated heterocycles. The van der Waals surface area contributed by atoms with E-state index >= 15 is 0 Å². The summed E-state index contributed by atoms with van der Waals surface area (Å²) in [6.07, 6.45) is 3.84. The summed E-state index contributed by atoms with van der Waals surface area (Å²) in [5, 5.41) is 3.51. The van der Waals surface area contributed by atoms with Crippen LogP contribution in [-0.4, -0.2) is 25.3 Å². The Kier molecular flexibility index (Phi) is 1.24. The van der Waals surface area contributed by atoms with E-state index < -0.39 is 0 Å². The van der Waals surface area contributed by atoms with Crippen LogP contribution in [0, 0.1) is 0 Å². The van der Waals surface area contributed by atoms with Gasteiger partial charge < -0.3 is 10.1 Å². The van der Waals surface area contributed by atoms with Crippen LogP contribution in [-0.2, 0) is 4.74 Å². The molecule has 52 valence electrons. The second kappa shape index (κ2) is 1.96. The van der Waals surface area contributed by atoms with Crippen LogP contribution in [0.5, 0.6) is 0 Å². The molecule has 0 radical (unpaired) electrons. The van der Waals surface area contributed by atoms with Crippen molar-refractivity contribution in [2.24, 2.45) is 0 Å². The van der Waals surface area contributed by atoms with Crippen LogP contribution in [0.4, 0.5) is 0 Å². The van der Waals surface area contributed by atoms with Crippen LogP contribution in [0.1, 0.15) is 19.3 Å². The van der Waals surface area contributed by atoms with Crippen molar-refractivity contribution in [3.8, 4) is 0 Å². The molecule has 1 spiro atoms. The van der Waals surface area contributed by atoms with Gasteiger partial charge >= 0.3 is 0 Å². The molecule has 0 unspecified atom stereocenters. The summed E-state index contributed by atoms with van der Waals surface area (Å²) in [5.41, 5.74) is 0.441. The van der Waals surface area contributed by atoms with Gasteiger partial charge in [-0.25, -0.2) is 0 Å². The highest BCUT2D eigenvalue weighted by molar-refractivity contribution is 5.02. The van der Waals surface area contributed by atoms with Crippen LogP contribution in [0.2, 0.25) is 0 Å². The molecule has 0 aromatic rings. The molecule has 9 heavy (non-hydrogen) atoms. The highest BCUT2D eigenvalue weighted by atomic mass is 16.5. The fourth-order valence-corrected chi connectivity index (χ4v) is 1.32. The molecule has 1 saturated carbocycles. The Bertz CT molecular complexity index is 99.5. The van der Waals surface area contributed by atoms with Gasteiger partial charge in [0, 0.05) is 12.1 Å². The molecule has 0 atom stereocenters. The standard InChI is InChI=1S/C7H13NO/c1-4-8-7(2-3-7)6-9-5-1/h8H,1-6H2. The molecule has 2 aliphatic rings. The third-order valence-corrected chi connectivity index (χ3v) is 2.20. The van der Waals surface area contributed by atoms with Crippen LogP contribution < -0.4 is 5.32 Å². The molecule has 1 heterocycles. The summed E-state index contributed by atoms with van der Waals surface area (Å²) >= 11 is 0. The highest BCUT2D eigenvalue weighted by Gasteiger charge is 2.42. The third kappa shape index (κ3) is 1.10. The molecule has 0 aromatic heterocycles. The average molecular weight is 127 g/mol. The SMILES string of the molecule is C1CNC2(CC2)COC1. The topological polar surface area (TPSA) is 21.3 Å². The van der Waals surface area contributed by atoms with Crippen molar-refractivity contribution in [2.45, 2.75) is 24.8 Å². The van der Waals surface area contributed by atoms with Crippen molar-refractivity contribution in [3.05, 3.63) is 0 Å². The van der Waals surface area contributed by atoms with Gasteiger partial charge in [0.05, 0.1) is 6.61 Å². The number of nitrogens with one attached hydrogen (secondary N) is 1. The van der Waals surface area contributed by atoms with E-state index in [1.807, 2.05) is 0 Å². The average Bonchev–Trinajstić information content (AvgIpc) is 2.64. The lowest BCUT2D eigenvalue weighted by atomic mass is 10.3. The maximum Gasteiger partial charge on any atom is 0.0648 e. The van der Waals surface area contributed by atoms with E-state index in [9.17, 15) is 0 Å². The number of rotatable bonds is 0. The molecule has 0 amide bonds. The highest BCUT2D eigenvalue weighted by Crippen LogP contribution is 2.36. The lowest BCUT2D eigenvalue weighted by Crippen LogP contribution is -2.33. The summed E-state index contributed by atoms with van der Waals surface area (Å²) in [6, 6.07) is 0. The molecule has 0 aromatic carbocycles. The van der Waals surface area contributed by atoms with Gasteiger partial charge in [-0.15, -0.1) is 0 Å². The van der Waals surface area contributed by atoms with E-state index in [-0.39, 0.29) is 0 Å². The normalized spacial score (nSPS) is 32.0. The van der Waals surface area contributed by atoms with Gasteiger partial charge in [0.2, 0.25) is 0 Å². The predicted octanol–water partition coefficient (Wildman–Crippen LogP) is 0.529. The summed E-state index contributed by atoms with van der Waals surface area (Å²) in [4.78, 5) is 0. The maximum atomic E-state index is 5.41. The van der Waals surface area contributed by atoms with Gasteiger partial charge in [0.1, 0.15) is 0 Å². The van der Waals surface area contributed by atoms with Gasteiger partial charge in [0.15, 0.2) is 0 Å². The molecule has 2 fully saturated rings. The Hall–Kier alpha value is -0.0800. The molecule has 1 aliphatic carbocycles. The summed E-state index contributed by atoms with van der Waals surface area (Å²) in [7, 11) is 0. The smallest absolute Gasteiger partial charge is 0.0648 e. The van der Waals surface area contributed by atoms with E-state index in [1.54, 1.807) is 0 Å². The molecular weight excluding hydrogens is 114 g/mol.